The highest BCUT2D eigenvalue weighted by Gasteiger charge is 2.07. The summed E-state index contributed by atoms with van der Waals surface area (Å²) in [5.74, 6) is -0.357. The number of rotatable bonds is 2. The van der Waals surface area contributed by atoms with Crippen LogP contribution in [0.25, 0.3) is 6.08 Å². The number of aromatic hydroxyl groups is 1. The van der Waals surface area contributed by atoms with Gasteiger partial charge in [0.25, 0.3) is 0 Å². The molecule has 0 unspecified atom stereocenters. The molecular formula is C10H8BrIO3. The van der Waals surface area contributed by atoms with Gasteiger partial charge in [-0.2, -0.15) is 0 Å². The summed E-state index contributed by atoms with van der Waals surface area (Å²) >= 11 is 5.20. The van der Waals surface area contributed by atoms with Gasteiger partial charge in [0.1, 0.15) is 10.2 Å². The molecule has 1 aromatic carbocycles. The number of ether oxygens (including phenoxy) is 1. The molecule has 80 valence electrons. The van der Waals surface area contributed by atoms with Crippen molar-refractivity contribution in [1.82, 2.24) is 0 Å². The zero-order valence-electron chi connectivity index (χ0n) is 7.83. The summed E-state index contributed by atoms with van der Waals surface area (Å²) < 4.78 is 5.76. The van der Waals surface area contributed by atoms with Crippen molar-refractivity contribution in [3.63, 3.8) is 0 Å². The maximum atomic E-state index is 11.1. The van der Waals surface area contributed by atoms with Gasteiger partial charge in [0.05, 0.1) is 7.11 Å². The van der Waals surface area contributed by atoms with E-state index in [9.17, 15) is 9.90 Å². The summed E-state index contributed by atoms with van der Waals surface area (Å²) in [6, 6.07) is 5.12. The van der Waals surface area contributed by atoms with E-state index in [1.165, 1.54) is 13.2 Å². The molecule has 0 heterocycles. The minimum Gasteiger partial charge on any atom is -0.507 e. The first-order valence-electron chi connectivity index (χ1n) is 3.98. The summed E-state index contributed by atoms with van der Waals surface area (Å²) in [6.07, 6.45) is 1.52. The van der Waals surface area contributed by atoms with Crippen LogP contribution in [0.3, 0.4) is 0 Å². The fourth-order valence-corrected chi connectivity index (χ4v) is 1.86. The Labute approximate surface area is 109 Å². The number of phenols is 1. The molecule has 5 heteroatoms. The first kappa shape index (κ1) is 12.5. The third-order valence-corrected chi connectivity index (χ3v) is 2.88. The zero-order chi connectivity index (χ0) is 11.4. The van der Waals surface area contributed by atoms with Crippen LogP contribution >= 0.6 is 38.5 Å². The van der Waals surface area contributed by atoms with E-state index in [2.05, 4.69) is 43.3 Å². The Kier molecular flexibility index (Phi) is 4.59. The number of carbonyl (C=O) groups excluding carboxylic acids is 1. The number of hydrogen-bond donors (Lipinski definition) is 1. The first-order chi connectivity index (χ1) is 7.04. The minimum absolute atomic E-state index is 0.122. The van der Waals surface area contributed by atoms with Gasteiger partial charge in [0.2, 0.25) is 0 Å². The van der Waals surface area contributed by atoms with E-state index >= 15 is 0 Å². The monoisotopic (exact) mass is 382 g/mol. The molecule has 1 N–H and O–H groups in total. The predicted molar refractivity (Wildman–Crippen MR) is 69.7 cm³/mol. The molecule has 15 heavy (non-hydrogen) atoms. The van der Waals surface area contributed by atoms with Crippen molar-refractivity contribution in [2.75, 3.05) is 7.11 Å². The maximum absolute atomic E-state index is 11.1. The van der Waals surface area contributed by atoms with Gasteiger partial charge >= 0.3 is 5.97 Å². The van der Waals surface area contributed by atoms with E-state index in [1.807, 2.05) is 0 Å². The van der Waals surface area contributed by atoms with Crippen molar-refractivity contribution >= 4 is 50.6 Å². The van der Waals surface area contributed by atoms with E-state index in [0.29, 0.717) is 5.56 Å². The van der Waals surface area contributed by atoms with Gasteiger partial charge in [-0.15, -0.1) is 0 Å². The number of esters is 1. The Bertz CT molecular complexity index is 415. The van der Waals surface area contributed by atoms with Crippen LogP contribution in [0.5, 0.6) is 5.75 Å². The van der Waals surface area contributed by atoms with Crippen LogP contribution in [0.15, 0.2) is 22.7 Å². The van der Waals surface area contributed by atoms with Crippen molar-refractivity contribution in [2.45, 2.75) is 0 Å². The fraction of sp³-hybridized carbons (Fsp3) is 0.100. The summed E-state index contributed by atoms with van der Waals surface area (Å²) in [5, 5.41) is 9.52. The molecule has 0 saturated carbocycles. The lowest BCUT2D eigenvalue weighted by molar-refractivity contribution is -0.135. The molecular weight excluding hydrogens is 375 g/mol. The second-order valence-corrected chi connectivity index (χ2v) is 4.79. The molecule has 0 atom stereocenters. The highest BCUT2D eigenvalue weighted by atomic mass is 127. The Morgan fingerprint density at radius 3 is 2.87 bits per heavy atom. The number of phenolic OH excluding ortho intramolecular Hbond substituents is 1. The van der Waals surface area contributed by atoms with Crippen LogP contribution in [0.2, 0.25) is 0 Å². The van der Waals surface area contributed by atoms with E-state index in [-0.39, 0.29) is 10.2 Å². The number of halogens is 2. The van der Waals surface area contributed by atoms with Crippen molar-refractivity contribution in [3.05, 3.63) is 31.8 Å². The van der Waals surface area contributed by atoms with Crippen molar-refractivity contribution in [1.29, 1.82) is 0 Å². The van der Waals surface area contributed by atoms with Crippen LogP contribution in [-0.2, 0) is 9.53 Å². The highest BCUT2D eigenvalue weighted by Crippen LogP contribution is 2.24. The van der Waals surface area contributed by atoms with Crippen molar-refractivity contribution in [3.8, 4) is 5.75 Å². The second kappa shape index (κ2) is 5.50. The van der Waals surface area contributed by atoms with Crippen LogP contribution in [0.1, 0.15) is 5.56 Å². The smallest absolute Gasteiger partial charge is 0.344 e. The predicted octanol–water partition coefficient (Wildman–Crippen LogP) is 2.91. The Morgan fingerprint density at radius 1 is 1.60 bits per heavy atom. The third-order valence-electron chi connectivity index (χ3n) is 1.65. The summed E-state index contributed by atoms with van der Waals surface area (Å²) in [5.41, 5.74) is 0.569. The molecule has 0 fully saturated rings. The molecule has 1 aromatic rings. The van der Waals surface area contributed by atoms with Crippen LogP contribution in [0, 0.1) is 3.57 Å². The Morgan fingerprint density at radius 2 is 2.27 bits per heavy atom. The largest absolute Gasteiger partial charge is 0.507 e. The van der Waals surface area contributed by atoms with Gasteiger partial charge in [-0.1, -0.05) is 0 Å². The number of hydrogen-bond acceptors (Lipinski definition) is 3. The molecule has 3 nitrogen and oxygen atoms in total. The molecule has 1 rings (SSSR count). The number of carbonyl (C=O) groups is 1. The quantitative estimate of drug-likeness (QED) is 0.486. The standard InChI is InChI=1S/C10H8BrIO3/c1-15-10(14)8(11)5-6-4-7(12)2-3-9(6)13/h2-5,13H,1H3/b8-5-. The number of benzene rings is 1. The first-order valence-corrected chi connectivity index (χ1v) is 5.86. The average molecular weight is 383 g/mol. The van der Waals surface area contributed by atoms with E-state index in [4.69, 9.17) is 0 Å². The van der Waals surface area contributed by atoms with Gasteiger partial charge in [0.15, 0.2) is 0 Å². The van der Waals surface area contributed by atoms with Crippen molar-refractivity contribution < 1.29 is 14.6 Å². The molecule has 0 amide bonds. The van der Waals surface area contributed by atoms with Gasteiger partial charge in [-0.25, -0.2) is 4.79 Å². The Balaban J connectivity index is 3.07. The lowest BCUT2D eigenvalue weighted by Gasteiger charge is -2.01. The molecule has 0 aromatic heterocycles. The SMILES string of the molecule is COC(=O)/C(Br)=C/c1cc(I)ccc1O. The van der Waals surface area contributed by atoms with E-state index in [0.717, 1.165) is 3.57 Å². The van der Waals surface area contributed by atoms with Gasteiger partial charge in [0, 0.05) is 9.13 Å². The summed E-state index contributed by atoms with van der Waals surface area (Å²) in [6.45, 7) is 0. The lowest BCUT2D eigenvalue weighted by Crippen LogP contribution is -1.98. The van der Waals surface area contributed by atoms with Gasteiger partial charge < -0.3 is 9.84 Å². The summed E-state index contributed by atoms with van der Waals surface area (Å²) in [7, 11) is 1.30. The molecule has 0 radical (unpaired) electrons. The van der Waals surface area contributed by atoms with Crippen molar-refractivity contribution in [2.24, 2.45) is 0 Å². The normalized spacial score (nSPS) is 11.3. The molecule has 0 aliphatic rings. The summed E-state index contributed by atoms with van der Waals surface area (Å²) in [4.78, 5) is 11.1. The third kappa shape index (κ3) is 3.49. The zero-order valence-corrected chi connectivity index (χ0v) is 11.6. The van der Waals surface area contributed by atoms with E-state index in [1.54, 1.807) is 18.2 Å². The van der Waals surface area contributed by atoms with Gasteiger partial charge in [-0.3, -0.25) is 0 Å². The molecule has 0 aliphatic heterocycles. The molecule has 0 spiro atoms. The van der Waals surface area contributed by atoms with Gasteiger partial charge in [-0.05, 0) is 62.8 Å². The van der Waals surface area contributed by atoms with Crippen LogP contribution < -0.4 is 0 Å². The molecule has 0 saturated heterocycles. The maximum Gasteiger partial charge on any atom is 0.344 e. The molecule has 0 aliphatic carbocycles. The second-order valence-electron chi connectivity index (χ2n) is 2.69. The lowest BCUT2D eigenvalue weighted by atomic mass is 10.2. The van der Waals surface area contributed by atoms with Crippen LogP contribution in [0.4, 0.5) is 0 Å². The topological polar surface area (TPSA) is 46.5 Å². The minimum atomic E-state index is -0.478. The highest BCUT2D eigenvalue weighted by molar-refractivity contribution is 14.1. The Hall–Kier alpha value is -0.560. The molecule has 0 bridgehead atoms. The number of methoxy groups -OCH3 is 1. The van der Waals surface area contributed by atoms with E-state index < -0.39 is 5.97 Å². The van der Waals surface area contributed by atoms with Crippen LogP contribution in [-0.4, -0.2) is 18.2 Å². The fourth-order valence-electron chi connectivity index (χ4n) is 0.934. The average Bonchev–Trinajstić information content (AvgIpc) is 2.22.